The summed E-state index contributed by atoms with van der Waals surface area (Å²) in [5.41, 5.74) is 0. The van der Waals surface area contributed by atoms with Crippen LogP contribution in [0.25, 0.3) is 0 Å². The molecule has 0 atom stereocenters. The molecule has 0 amide bonds. The third-order valence-electron chi connectivity index (χ3n) is 0. The predicted molar refractivity (Wildman–Crippen MR) is 72.4 cm³/mol. The molecule has 17 heavy (non-hydrogen) atoms. The van der Waals surface area contributed by atoms with E-state index in [-0.39, 0.29) is 0 Å². The van der Waals surface area contributed by atoms with Crippen LogP contribution in [0.2, 0.25) is 0 Å². The second kappa shape index (κ2) is 36.1. The molecule has 0 heterocycles. The predicted octanol–water partition coefficient (Wildman–Crippen LogP) is 2.54. The molecule has 0 aromatic heterocycles. The summed E-state index contributed by atoms with van der Waals surface area (Å²) >= 11 is -5.00. The van der Waals surface area contributed by atoms with Crippen LogP contribution in [0.3, 0.4) is 0 Å². The Morgan fingerprint density at radius 2 is 0.588 bits per heavy atom. The molecule has 0 rings (SSSR count). The van der Waals surface area contributed by atoms with Gasteiger partial charge in [-0.05, 0) is 27.7 Å². The first-order valence-corrected chi connectivity index (χ1v) is 7.63. The van der Waals surface area contributed by atoms with E-state index in [1.807, 2.05) is 27.7 Å². The minimum atomic E-state index is -5.00. The second-order valence-corrected chi connectivity index (χ2v) is 4.11. The van der Waals surface area contributed by atoms with Gasteiger partial charge in [-0.3, -0.25) is 0 Å². The van der Waals surface area contributed by atoms with Gasteiger partial charge >= 0.3 is 32.9 Å². The van der Waals surface area contributed by atoms with Crippen LogP contribution in [0.4, 0.5) is 0 Å². The summed E-state index contributed by atoms with van der Waals surface area (Å²) < 4.78 is 29.5. The van der Waals surface area contributed by atoms with Gasteiger partial charge in [-0.15, -0.1) is 26.3 Å². The summed E-state index contributed by atoms with van der Waals surface area (Å²) in [7, 11) is 0. The van der Waals surface area contributed by atoms with E-state index in [0.29, 0.717) is 0 Å². The van der Waals surface area contributed by atoms with Crippen LogP contribution < -0.4 is 0 Å². The van der Waals surface area contributed by atoms with Crippen molar-refractivity contribution in [3.05, 3.63) is 50.6 Å². The Morgan fingerprint density at radius 3 is 0.588 bits per heavy atom. The minimum absolute atomic E-state index is 1.75. The van der Waals surface area contributed by atoms with Crippen LogP contribution in [0.1, 0.15) is 27.7 Å². The van der Waals surface area contributed by atoms with E-state index in [4.69, 9.17) is 14.8 Å². The van der Waals surface area contributed by atoms with Crippen LogP contribution in [0.5, 0.6) is 0 Å². The Morgan fingerprint density at radius 1 is 0.588 bits per heavy atom. The summed E-state index contributed by atoms with van der Waals surface area (Å²) in [4.78, 5) is 0. The molecule has 0 unspecified atom stereocenters. The Balaban J connectivity index is -0.0000000362. The molecule has 0 radical (unpaired) electrons. The van der Waals surface area contributed by atoms with Crippen LogP contribution in [0.15, 0.2) is 50.6 Å². The van der Waals surface area contributed by atoms with Crippen molar-refractivity contribution in [1.82, 2.24) is 0 Å². The Bertz CT molecular complexity index is 121. The van der Waals surface area contributed by atoms with Crippen molar-refractivity contribution in [3.8, 4) is 0 Å². The molecular weight excluding hydrogens is 256 g/mol. The van der Waals surface area contributed by atoms with Crippen LogP contribution in [-0.4, -0.2) is 14.8 Å². The Labute approximate surface area is 111 Å². The van der Waals surface area contributed by atoms with Gasteiger partial charge in [0.1, 0.15) is 0 Å². The second-order valence-electron chi connectivity index (χ2n) is 2.23. The fraction of sp³-hybridized carbons (Fsp3) is 0.333. The van der Waals surface area contributed by atoms with E-state index in [0.717, 1.165) is 0 Å². The van der Waals surface area contributed by atoms with Gasteiger partial charge in [0.2, 0.25) is 0 Å². The zero-order valence-electron chi connectivity index (χ0n) is 11.4. The molecule has 0 aromatic carbocycles. The normalized spacial score (nSPS) is 6.59. The van der Waals surface area contributed by atoms with E-state index in [2.05, 4.69) is 26.3 Å². The average molecular weight is 284 g/mol. The van der Waals surface area contributed by atoms with Gasteiger partial charge in [0, 0.05) is 0 Å². The van der Waals surface area contributed by atoms with Crippen molar-refractivity contribution in [1.29, 1.82) is 0 Å². The molecule has 0 aliphatic heterocycles. The number of hydrogen-bond acceptors (Lipinski definition) is 4. The van der Waals surface area contributed by atoms with E-state index < -0.39 is 18.1 Å². The molecule has 0 bridgehead atoms. The average Bonchev–Trinajstić information content (AvgIpc) is 2.04. The van der Waals surface area contributed by atoms with Crippen molar-refractivity contribution < 1.29 is 32.9 Å². The first-order chi connectivity index (χ1) is 7.66. The van der Waals surface area contributed by atoms with Crippen molar-refractivity contribution >= 4 is 0 Å². The van der Waals surface area contributed by atoms with E-state index in [9.17, 15) is 0 Å². The molecule has 0 aromatic rings. The van der Waals surface area contributed by atoms with Crippen LogP contribution in [-0.2, 0) is 18.1 Å². The van der Waals surface area contributed by atoms with Crippen molar-refractivity contribution in [2.75, 3.05) is 0 Å². The van der Waals surface area contributed by atoms with Gasteiger partial charge in [-0.2, -0.15) is 0 Å². The molecule has 0 saturated heterocycles. The van der Waals surface area contributed by atoms with Crippen molar-refractivity contribution in [3.63, 3.8) is 0 Å². The first-order valence-electron chi connectivity index (χ1n) is 4.84. The molecule has 0 spiro atoms. The molecule has 0 aliphatic rings. The summed E-state index contributed by atoms with van der Waals surface area (Å²) in [6.07, 6.45) is 7.00. The van der Waals surface area contributed by atoms with E-state index in [1.54, 1.807) is 24.3 Å². The molecule has 0 fully saturated rings. The maximum atomic E-state index is 7.38. The summed E-state index contributed by atoms with van der Waals surface area (Å²) in [5, 5.41) is 0. The van der Waals surface area contributed by atoms with Crippen molar-refractivity contribution in [2.24, 2.45) is 0 Å². The van der Waals surface area contributed by atoms with E-state index in [1.165, 1.54) is 0 Å². The van der Waals surface area contributed by atoms with Gasteiger partial charge in [-0.1, -0.05) is 24.3 Å². The van der Waals surface area contributed by atoms with Gasteiger partial charge in [0.05, 0.1) is 0 Å². The van der Waals surface area contributed by atoms with Gasteiger partial charge < -0.3 is 0 Å². The quantitative estimate of drug-likeness (QED) is 0.407. The first kappa shape index (κ1) is 30.0. The van der Waals surface area contributed by atoms with Gasteiger partial charge in [-0.25, -0.2) is 0 Å². The molecule has 4 nitrogen and oxygen atoms in total. The van der Waals surface area contributed by atoms with Gasteiger partial charge in [0.15, 0.2) is 0 Å². The number of allylic oxidation sites excluding steroid dienone is 4. The van der Waals surface area contributed by atoms with E-state index >= 15 is 0 Å². The number of hydrogen-bond donors (Lipinski definition) is 4. The molecular formula is C12H28O4Ti. The Hall–Kier alpha value is -0.486. The molecule has 0 aliphatic carbocycles. The zero-order valence-corrected chi connectivity index (χ0v) is 13.0. The topological polar surface area (TPSA) is 80.9 Å². The molecule has 4 N–H and O–H groups in total. The summed E-state index contributed by atoms with van der Waals surface area (Å²) in [6.45, 7) is 21.0. The van der Waals surface area contributed by atoms with Gasteiger partial charge in [0.25, 0.3) is 0 Å². The molecule has 0 saturated carbocycles. The summed E-state index contributed by atoms with van der Waals surface area (Å²) in [5.74, 6) is 0. The zero-order chi connectivity index (χ0) is 15.3. The van der Waals surface area contributed by atoms with Crippen molar-refractivity contribution in [2.45, 2.75) is 27.7 Å². The fourth-order valence-corrected chi connectivity index (χ4v) is 0. The summed E-state index contributed by atoms with van der Waals surface area (Å²) in [6, 6.07) is 0. The third kappa shape index (κ3) is 12000. The van der Waals surface area contributed by atoms with Crippen LogP contribution >= 0.6 is 0 Å². The maximum absolute atomic E-state index is 7.38. The third-order valence-corrected chi connectivity index (χ3v) is 0. The van der Waals surface area contributed by atoms with Crippen LogP contribution in [0, 0.1) is 0 Å². The SMILES string of the molecule is C=CC.C=CC.C=CC.C=CC.[OH][Ti]([OH])([OH])[OH]. The molecule has 5 heteroatoms. The fourth-order valence-electron chi connectivity index (χ4n) is 0. The monoisotopic (exact) mass is 284 g/mol. The molecule has 104 valence electrons. The number of rotatable bonds is 0. The standard InChI is InChI=1S/4C3H6.4H2O.Ti/c4*1-3-2;;;;;/h4*3H,1H2,2H3;4*1H2;/q;;;;;;;;+4/p-4. The Kier molecular flexibility index (Phi) is 63.7.